The topological polar surface area (TPSA) is 42.9 Å². The van der Waals surface area contributed by atoms with Crippen molar-refractivity contribution in [3.8, 4) is 11.8 Å². The van der Waals surface area contributed by atoms with E-state index in [4.69, 9.17) is 11.6 Å². The monoisotopic (exact) mass is 226 g/mol. The minimum atomic E-state index is 0.0507. The number of carbonyl (C=O) groups excluding carboxylic acids is 1. The molecule has 0 saturated carbocycles. The highest BCUT2D eigenvalue weighted by atomic mass is 35.5. The SMILES string of the molecule is CC(=O)SCC#Cc1cncnc1Cl. The van der Waals surface area contributed by atoms with Gasteiger partial charge in [0.05, 0.1) is 11.3 Å². The number of rotatable bonds is 1. The van der Waals surface area contributed by atoms with Gasteiger partial charge in [0, 0.05) is 13.1 Å². The second-order valence-corrected chi connectivity index (χ2v) is 3.82. The maximum atomic E-state index is 10.6. The van der Waals surface area contributed by atoms with Gasteiger partial charge >= 0.3 is 0 Å². The third-order valence-electron chi connectivity index (χ3n) is 1.23. The Bertz CT molecular complexity index is 397. The summed E-state index contributed by atoms with van der Waals surface area (Å²) in [4.78, 5) is 18.1. The van der Waals surface area contributed by atoms with Gasteiger partial charge in [0.15, 0.2) is 5.12 Å². The van der Waals surface area contributed by atoms with Crippen molar-refractivity contribution in [2.24, 2.45) is 0 Å². The van der Waals surface area contributed by atoms with Crippen LogP contribution in [0.5, 0.6) is 0 Å². The van der Waals surface area contributed by atoms with Crippen LogP contribution in [0.2, 0.25) is 5.15 Å². The molecule has 0 amide bonds. The molecule has 0 spiro atoms. The summed E-state index contributed by atoms with van der Waals surface area (Å²) in [6.07, 6.45) is 2.90. The fourth-order valence-electron chi connectivity index (χ4n) is 0.668. The average molecular weight is 227 g/mol. The molecule has 72 valence electrons. The van der Waals surface area contributed by atoms with Crippen LogP contribution in [0, 0.1) is 11.8 Å². The molecule has 1 aromatic heterocycles. The molecule has 0 fully saturated rings. The van der Waals surface area contributed by atoms with Gasteiger partial charge in [0.1, 0.15) is 11.5 Å². The molecule has 0 aromatic carbocycles. The Morgan fingerprint density at radius 3 is 3.14 bits per heavy atom. The molecule has 0 aliphatic rings. The summed E-state index contributed by atoms with van der Waals surface area (Å²) in [5.41, 5.74) is 0.582. The van der Waals surface area contributed by atoms with Gasteiger partial charge in [0.2, 0.25) is 0 Å². The fourth-order valence-corrected chi connectivity index (χ4v) is 1.15. The molecule has 3 nitrogen and oxygen atoms in total. The van der Waals surface area contributed by atoms with Crippen molar-refractivity contribution in [2.75, 3.05) is 5.75 Å². The van der Waals surface area contributed by atoms with Gasteiger partial charge in [-0.15, -0.1) is 0 Å². The fraction of sp³-hybridized carbons (Fsp3) is 0.222. The summed E-state index contributed by atoms with van der Waals surface area (Å²) in [6, 6.07) is 0. The van der Waals surface area contributed by atoms with E-state index in [9.17, 15) is 4.79 Å². The Kier molecular flexibility index (Phi) is 4.44. The molecule has 1 rings (SSSR count). The zero-order valence-corrected chi connectivity index (χ0v) is 9.02. The number of hydrogen-bond acceptors (Lipinski definition) is 4. The summed E-state index contributed by atoms with van der Waals surface area (Å²) in [6.45, 7) is 1.50. The molecular weight excluding hydrogens is 220 g/mol. The van der Waals surface area contributed by atoms with Crippen LogP contribution < -0.4 is 0 Å². The molecule has 14 heavy (non-hydrogen) atoms. The molecule has 0 saturated heterocycles. The summed E-state index contributed by atoms with van der Waals surface area (Å²) in [7, 11) is 0. The first-order valence-electron chi connectivity index (χ1n) is 3.78. The third-order valence-corrected chi connectivity index (χ3v) is 2.23. The van der Waals surface area contributed by atoms with Crippen LogP contribution in [0.15, 0.2) is 12.5 Å². The largest absolute Gasteiger partial charge is 0.288 e. The average Bonchev–Trinajstić information content (AvgIpc) is 2.15. The van der Waals surface area contributed by atoms with E-state index in [2.05, 4.69) is 21.8 Å². The van der Waals surface area contributed by atoms with Crippen molar-refractivity contribution in [3.05, 3.63) is 23.2 Å². The second-order valence-electron chi connectivity index (χ2n) is 2.31. The number of hydrogen-bond donors (Lipinski definition) is 0. The Hall–Kier alpha value is -1.05. The van der Waals surface area contributed by atoms with Crippen molar-refractivity contribution in [2.45, 2.75) is 6.92 Å². The standard InChI is InChI=1S/C9H7ClN2OS/c1-7(13)14-4-2-3-8-5-11-6-12-9(8)10/h5-6H,4H2,1H3. The van der Waals surface area contributed by atoms with Gasteiger partial charge in [-0.3, -0.25) is 4.79 Å². The van der Waals surface area contributed by atoms with Gasteiger partial charge < -0.3 is 0 Å². The number of halogens is 1. The summed E-state index contributed by atoms with van der Waals surface area (Å²) >= 11 is 6.90. The zero-order chi connectivity index (χ0) is 10.4. The Morgan fingerprint density at radius 2 is 2.50 bits per heavy atom. The molecule has 0 aliphatic carbocycles. The van der Waals surface area contributed by atoms with Crippen LogP contribution in [-0.4, -0.2) is 20.8 Å². The number of aromatic nitrogens is 2. The zero-order valence-electron chi connectivity index (χ0n) is 7.45. The van der Waals surface area contributed by atoms with E-state index < -0.39 is 0 Å². The molecule has 0 atom stereocenters. The van der Waals surface area contributed by atoms with E-state index in [0.29, 0.717) is 16.5 Å². The van der Waals surface area contributed by atoms with Crippen LogP contribution in [0.4, 0.5) is 0 Å². The van der Waals surface area contributed by atoms with Crippen molar-refractivity contribution in [3.63, 3.8) is 0 Å². The highest BCUT2D eigenvalue weighted by Gasteiger charge is 1.95. The molecule has 1 aromatic rings. The lowest BCUT2D eigenvalue weighted by atomic mass is 10.3. The van der Waals surface area contributed by atoms with Crippen molar-refractivity contribution in [1.29, 1.82) is 0 Å². The summed E-state index contributed by atoms with van der Waals surface area (Å²) in [5, 5.41) is 0.384. The lowest BCUT2D eigenvalue weighted by Crippen LogP contribution is -1.85. The van der Waals surface area contributed by atoms with Crippen LogP contribution in [-0.2, 0) is 4.79 Å². The van der Waals surface area contributed by atoms with Gasteiger partial charge in [-0.2, -0.15) is 0 Å². The Balaban J connectivity index is 2.59. The first kappa shape index (κ1) is 11.0. The van der Waals surface area contributed by atoms with Crippen molar-refractivity contribution >= 4 is 28.5 Å². The minimum absolute atomic E-state index is 0.0507. The van der Waals surface area contributed by atoms with Crippen LogP contribution in [0.1, 0.15) is 12.5 Å². The van der Waals surface area contributed by atoms with Gasteiger partial charge in [-0.05, 0) is 0 Å². The Labute approximate surface area is 91.3 Å². The second kappa shape index (κ2) is 5.63. The van der Waals surface area contributed by atoms with Crippen LogP contribution >= 0.6 is 23.4 Å². The van der Waals surface area contributed by atoms with E-state index in [0.717, 1.165) is 11.8 Å². The van der Waals surface area contributed by atoms with Crippen molar-refractivity contribution < 1.29 is 4.79 Å². The lowest BCUT2D eigenvalue weighted by molar-refractivity contribution is -0.109. The van der Waals surface area contributed by atoms with E-state index >= 15 is 0 Å². The van der Waals surface area contributed by atoms with E-state index in [1.807, 2.05) is 0 Å². The molecule has 0 bridgehead atoms. The number of thioether (sulfide) groups is 1. The maximum absolute atomic E-state index is 10.6. The quantitative estimate of drug-likeness (QED) is 0.541. The first-order valence-corrected chi connectivity index (χ1v) is 5.14. The van der Waals surface area contributed by atoms with Crippen LogP contribution in [0.25, 0.3) is 0 Å². The van der Waals surface area contributed by atoms with Crippen molar-refractivity contribution in [1.82, 2.24) is 9.97 Å². The molecule has 1 heterocycles. The Morgan fingerprint density at radius 1 is 1.71 bits per heavy atom. The van der Waals surface area contributed by atoms with E-state index in [1.165, 1.54) is 13.3 Å². The normalized spacial score (nSPS) is 9.00. The highest BCUT2D eigenvalue weighted by Crippen LogP contribution is 2.08. The lowest BCUT2D eigenvalue weighted by Gasteiger charge is -1.90. The number of carbonyl (C=O) groups is 1. The first-order chi connectivity index (χ1) is 6.70. The highest BCUT2D eigenvalue weighted by molar-refractivity contribution is 8.13. The predicted molar refractivity (Wildman–Crippen MR) is 57.1 cm³/mol. The third kappa shape index (κ3) is 3.77. The van der Waals surface area contributed by atoms with Gasteiger partial charge in [0.25, 0.3) is 0 Å². The van der Waals surface area contributed by atoms with Gasteiger partial charge in [-0.1, -0.05) is 35.2 Å². The molecule has 0 N–H and O–H groups in total. The smallest absolute Gasteiger partial charge is 0.186 e. The molecule has 0 aliphatic heterocycles. The number of nitrogens with zero attached hydrogens (tertiary/aromatic N) is 2. The van der Waals surface area contributed by atoms with E-state index in [1.54, 1.807) is 6.20 Å². The van der Waals surface area contributed by atoms with Gasteiger partial charge in [-0.25, -0.2) is 9.97 Å². The summed E-state index contributed by atoms with van der Waals surface area (Å²) < 4.78 is 0. The maximum Gasteiger partial charge on any atom is 0.186 e. The van der Waals surface area contributed by atoms with E-state index in [-0.39, 0.29) is 5.12 Å². The van der Waals surface area contributed by atoms with Crippen LogP contribution in [0.3, 0.4) is 0 Å². The summed E-state index contributed by atoms with van der Waals surface area (Å²) in [5.74, 6) is 6.05. The molecule has 5 heteroatoms. The minimum Gasteiger partial charge on any atom is -0.288 e. The molecule has 0 radical (unpaired) electrons. The predicted octanol–water partition coefficient (Wildman–Crippen LogP) is 1.76. The molecule has 0 unspecified atom stereocenters. The molecular formula is C9H7ClN2OS.